The molecule has 1 N–H and O–H groups in total. The summed E-state index contributed by atoms with van der Waals surface area (Å²) in [5.41, 5.74) is 5.09. The van der Waals surface area contributed by atoms with Gasteiger partial charge < -0.3 is 0 Å². The van der Waals surface area contributed by atoms with Crippen molar-refractivity contribution < 1.29 is 4.79 Å². The van der Waals surface area contributed by atoms with E-state index in [9.17, 15) is 4.79 Å². The molecule has 0 radical (unpaired) electrons. The van der Waals surface area contributed by atoms with Gasteiger partial charge in [0.15, 0.2) is 5.13 Å². The van der Waals surface area contributed by atoms with E-state index >= 15 is 0 Å². The Morgan fingerprint density at radius 3 is 2.65 bits per heavy atom. The zero-order chi connectivity index (χ0) is 18.7. The SMILES string of the molecule is Cc1ccc(-c2csc(NC(=O)/C=C/c3ccc(Cl)c(Cl)c3)n2)c(C)c1. The molecule has 1 heterocycles. The summed E-state index contributed by atoms with van der Waals surface area (Å²) in [7, 11) is 0. The molecular formula is C20H16Cl2N2OS. The minimum Gasteiger partial charge on any atom is -0.298 e. The van der Waals surface area contributed by atoms with Gasteiger partial charge in [-0.25, -0.2) is 4.98 Å². The van der Waals surface area contributed by atoms with Gasteiger partial charge in [-0.3, -0.25) is 10.1 Å². The Bertz CT molecular complexity index is 995. The van der Waals surface area contributed by atoms with E-state index in [1.54, 1.807) is 24.3 Å². The van der Waals surface area contributed by atoms with E-state index in [4.69, 9.17) is 23.2 Å². The molecule has 2 aromatic carbocycles. The minimum atomic E-state index is -0.252. The number of hydrogen-bond acceptors (Lipinski definition) is 3. The third-order valence-corrected chi connectivity index (χ3v) is 5.26. The number of anilines is 1. The maximum Gasteiger partial charge on any atom is 0.250 e. The van der Waals surface area contributed by atoms with Crippen molar-refractivity contribution in [2.24, 2.45) is 0 Å². The number of thiazole rings is 1. The van der Waals surface area contributed by atoms with E-state index in [0.717, 1.165) is 22.4 Å². The summed E-state index contributed by atoms with van der Waals surface area (Å²) < 4.78 is 0. The molecule has 0 aliphatic carbocycles. The molecule has 0 aliphatic heterocycles. The van der Waals surface area contributed by atoms with Crippen molar-refractivity contribution in [2.75, 3.05) is 5.32 Å². The fraction of sp³-hybridized carbons (Fsp3) is 0.100. The number of amides is 1. The van der Waals surface area contributed by atoms with Crippen LogP contribution in [-0.4, -0.2) is 10.9 Å². The van der Waals surface area contributed by atoms with Crippen molar-refractivity contribution >= 4 is 51.7 Å². The van der Waals surface area contributed by atoms with E-state index in [2.05, 4.69) is 42.3 Å². The second kappa shape index (κ2) is 8.04. The predicted molar refractivity (Wildman–Crippen MR) is 111 cm³/mol. The first-order valence-electron chi connectivity index (χ1n) is 7.89. The van der Waals surface area contributed by atoms with Gasteiger partial charge >= 0.3 is 0 Å². The number of aryl methyl sites for hydroxylation is 2. The monoisotopic (exact) mass is 402 g/mol. The van der Waals surface area contributed by atoms with E-state index in [0.29, 0.717) is 15.2 Å². The molecule has 0 spiro atoms. The van der Waals surface area contributed by atoms with Gasteiger partial charge in [0.1, 0.15) is 0 Å². The van der Waals surface area contributed by atoms with Crippen LogP contribution in [0.4, 0.5) is 5.13 Å². The standard InChI is InChI=1S/C20H16Cl2N2OS/c1-12-3-6-15(13(2)9-12)18-11-26-20(23-18)24-19(25)8-5-14-4-7-16(21)17(22)10-14/h3-11H,1-2H3,(H,23,24,25)/b8-5+. The summed E-state index contributed by atoms with van der Waals surface area (Å²) in [6, 6.07) is 11.4. The number of nitrogens with one attached hydrogen (secondary N) is 1. The fourth-order valence-corrected chi connectivity index (χ4v) is 3.51. The van der Waals surface area contributed by atoms with Crippen LogP contribution in [0.2, 0.25) is 10.0 Å². The topological polar surface area (TPSA) is 42.0 Å². The van der Waals surface area contributed by atoms with Gasteiger partial charge in [0.2, 0.25) is 5.91 Å². The van der Waals surface area contributed by atoms with Crippen LogP contribution < -0.4 is 5.32 Å². The maximum absolute atomic E-state index is 12.1. The molecular weight excluding hydrogens is 387 g/mol. The van der Waals surface area contributed by atoms with Crippen molar-refractivity contribution in [3.05, 3.63) is 74.6 Å². The molecule has 6 heteroatoms. The smallest absolute Gasteiger partial charge is 0.250 e. The Morgan fingerprint density at radius 1 is 1.12 bits per heavy atom. The summed E-state index contributed by atoms with van der Waals surface area (Å²) in [5, 5.41) is 6.21. The number of nitrogens with zero attached hydrogens (tertiary/aromatic N) is 1. The molecule has 0 saturated carbocycles. The second-order valence-corrected chi connectivity index (χ2v) is 7.52. The van der Waals surface area contributed by atoms with Gasteiger partial charge in [0, 0.05) is 17.0 Å². The minimum absolute atomic E-state index is 0.252. The Morgan fingerprint density at radius 2 is 1.92 bits per heavy atom. The van der Waals surface area contributed by atoms with Crippen LogP contribution in [0.25, 0.3) is 17.3 Å². The highest BCUT2D eigenvalue weighted by Crippen LogP contribution is 2.28. The zero-order valence-corrected chi connectivity index (χ0v) is 16.5. The number of rotatable bonds is 4. The van der Waals surface area contributed by atoms with Crippen LogP contribution in [0.15, 0.2) is 47.9 Å². The van der Waals surface area contributed by atoms with Gasteiger partial charge in [-0.1, -0.05) is 53.0 Å². The second-order valence-electron chi connectivity index (χ2n) is 5.85. The van der Waals surface area contributed by atoms with Gasteiger partial charge in [-0.2, -0.15) is 0 Å². The maximum atomic E-state index is 12.1. The fourth-order valence-electron chi connectivity index (χ4n) is 2.49. The number of halogens is 2. The summed E-state index contributed by atoms with van der Waals surface area (Å²) in [4.78, 5) is 16.6. The van der Waals surface area contributed by atoms with Crippen LogP contribution in [-0.2, 0) is 4.79 Å². The lowest BCUT2D eigenvalue weighted by atomic mass is 10.0. The lowest BCUT2D eigenvalue weighted by molar-refractivity contribution is -0.111. The highest BCUT2D eigenvalue weighted by molar-refractivity contribution is 7.14. The van der Waals surface area contributed by atoms with Crippen molar-refractivity contribution in [3.8, 4) is 11.3 Å². The molecule has 3 nitrogen and oxygen atoms in total. The van der Waals surface area contributed by atoms with Crippen molar-refractivity contribution in [2.45, 2.75) is 13.8 Å². The molecule has 0 aliphatic rings. The Hall–Kier alpha value is -2.14. The van der Waals surface area contributed by atoms with Crippen LogP contribution in [0.5, 0.6) is 0 Å². The van der Waals surface area contributed by atoms with Crippen LogP contribution in [0.1, 0.15) is 16.7 Å². The molecule has 0 saturated heterocycles. The number of aromatic nitrogens is 1. The molecule has 0 fully saturated rings. The zero-order valence-electron chi connectivity index (χ0n) is 14.2. The summed E-state index contributed by atoms with van der Waals surface area (Å²) in [6.45, 7) is 4.11. The number of carbonyl (C=O) groups is 1. The Balaban J connectivity index is 1.69. The van der Waals surface area contributed by atoms with Gasteiger partial charge in [0.05, 0.1) is 15.7 Å². The van der Waals surface area contributed by atoms with Crippen LogP contribution in [0.3, 0.4) is 0 Å². The van der Waals surface area contributed by atoms with Crippen molar-refractivity contribution in [3.63, 3.8) is 0 Å². The molecule has 1 aromatic heterocycles. The predicted octanol–water partition coefficient (Wildman–Crippen LogP) is 6.39. The van der Waals surface area contributed by atoms with Gasteiger partial charge in [-0.15, -0.1) is 11.3 Å². The molecule has 132 valence electrons. The first-order chi connectivity index (χ1) is 12.4. The quantitative estimate of drug-likeness (QED) is 0.513. The Kier molecular flexibility index (Phi) is 5.77. The molecule has 0 bridgehead atoms. The lowest BCUT2D eigenvalue weighted by Crippen LogP contribution is -2.07. The number of benzene rings is 2. The Labute approximate surface area is 166 Å². The summed E-state index contributed by atoms with van der Waals surface area (Å²) >= 11 is 13.2. The van der Waals surface area contributed by atoms with Crippen LogP contribution >= 0.6 is 34.5 Å². The molecule has 0 atom stereocenters. The molecule has 0 unspecified atom stereocenters. The van der Waals surface area contributed by atoms with Crippen molar-refractivity contribution in [1.29, 1.82) is 0 Å². The lowest BCUT2D eigenvalue weighted by Gasteiger charge is -2.03. The molecule has 3 rings (SSSR count). The normalized spacial score (nSPS) is 11.1. The molecule has 3 aromatic rings. The van der Waals surface area contributed by atoms with Crippen LogP contribution in [0, 0.1) is 13.8 Å². The highest BCUT2D eigenvalue weighted by atomic mass is 35.5. The number of hydrogen-bond donors (Lipinski definition) is 1. The average Bonchev–Trinajstić information content (AvgIpc) is 3.04. The first-order valence-corrected chi connectivity index (χ1v) is 9.53. The van der Waals surface area contributed by atoms with E-state index in [1.165, 1.54) is 23.0 Å². The van der Waals surface area contributed by atoms with Crippen molar-refractivity contribution in [1.82, 2.24) is 4.98 Å². The highest BCUT2D eigenvalue weighted by Gasteiger charge is 2.08. The van der Waals surface area contributed by atoms with E-state index < -0.39 is 0 Å². The molecule has 26 heavy (non-hydrogen) atoms. The van der Waals surface area contributed by atoms with Gasteiger partial charge in [-0.05, 0) is 43.2 Å². The van der Waals surface area contributed by atoms with E-state index in [1.807, 2.05) is 5.38 Å². The first kappa shape index (κ1) is 18.6. The number of carbonyl (C=O) groups excluding carboxylic acids is 1. The average molecular weight is 403 g/mol. The third kappa shape index (κ3) is 4.52. The third-order valence-electron chi connectivity index (χ3n) is 3.76. The summed E-state index contributed by atoms with van der Waals surface area (Å²) in [5.74, 6) is -0.252. The van der Waals surface area contributed by atoms with E-state index in [-0.39, 0.29) is 5.91 Å². The molecule has 1 amide bonds. The largest absolute Gasteiger partial charge is 0.298 e. The summed E-state index contributed by atoms with van der Waals surface area (Å²) in [6.07, 6.45) is 3.12. The van der Waals surface area contributed by atoms with Gasteiger partial charge in [0.25, 0.3) is 0 Å².